The highest BCUT2D eigenvalue weighted by molar-refractivity contribution is 6.12. The van der Waals surface area contributed by atoms with Crippen molar-refractivity contribution in [2.75, 3.05) is 0 Å². The van der Waals surface area contributed by atoms with Gasteiger partial charge in [0.1, 0.15) is 11.2 Å². The summed E-state index contributed by atoms with van der Waals surface area (Å²) in [6, 6.07) is 81.7. The van der Waals surface area contributed by atoms with Crippen molar-refractivity contribution in [2.45, 2.75) is 0 Å². The maximum atomic E-state index is 6.18. The summed E-state index contributed by atoms with van der Waals surface area (Å²) in [5.74, 6) is 1.76. The monoisotopic (exact) mass is 932 g/mol. The third-order valence-electron chi connectivity index (χ3n) is 14.5. The smallest absolute Gasteiger partial charge is 0.164 e. The highest BCUT2D eigenvalue weighted by Gasteiger charge is 2.20. The minimum absolute atomic E-state index is 0.572. The second-order valence-electron chi connectivity index (χ2n) is 18.6. The van der Waals surface area contributed by atoms with Crippen LogP contribution < -0.4 is 0 Å². The van der Waals surface area contributed by atoms with Gasteiger partial charge in [0.15, 0.2) is 17.5 Å². The molecule has 0 saturated heterocycles. The normalized spacial score (nSPS) is 11.8. The lowest BCUT2D eigenvalue weighted by atomic mass is 9.94. The predicted octanol–water partition coefficient (Wildman–Crippen LogP) is 16.8. The molecule has 0 saturated carbocycles. The Hall–Kier alpha value is -9.98. The van der Waals surface area contributed by atoms with Crippen LogP contribution in [-0.4, -0.2) is 29.1 Å². The molecule has 15 aromatic rings. The summed E-state index contributed by atoms with van der Waals surface area (Å²) < 4.78 is 11.0. The van der Waals surface area contributed by atoms with Crippen molar-refractivity contribution in [1.82, 2.24) is 29.1 Å². The molecule has 0 radical (unpaired) electrons. The van der Waals surface area contributed by atoms with Crippen LogP contribution in [0, 0.1) is 0 Å². The van der Waals surface area contributed by atoms with E-state index in [0.717, 1.165) is 88.5 Å². The van der Waals surface area contributed by atoms with Gasteiger partial charge in [-0.3, -0.25) is 4.98 Å². The molecule has 10 aromatic carbocycles. The Kier molecular flexibility index (Phi) is 9.13. The quantitative estimate of drug-likeness (QED) is 0.159. The Morgan fingerprint density at radius 2 is 0.781 bits per heavy atom. The molecule has 340 valence electrons. The van der Waals surface area contributed by atoms with E-state index in [2.05, 4.69) is 220 Å². The van der Waals surface area contributed by atoms with Gasteiger partial charge in [-0.1, -0.05) is 158 Å². The molecular weight excluding hydrogens is 893 g/mol. The SMILES string of the molecule is c1ccc(-c2ccc(-c3nc(-c4ccc(-c5ccc(-n6c7ccccc7c7ccc(-n8c9ccccc9c9ccccc98)cc76)cc5)cc4)nc(-c4ccc5oc6ccncc6c5c4)n3)c3ccccc23)cc1. The summed E-state index contributed by atoms with van der Waals surface area (Å²) in [5, 5.41) is 9.04. The van der Waals surface area contributed by atoms with Crippen LogP contribution in [-0.2, 0) is 0 Å². The van der Waals surface area contributed by atoms with Gasteiger partial charge in [-0.2, -0.15) is 0 Å². The second kappa shape index (κ2) is 16.3. The lowest BCUT2D eigenvalue weighted by molar-refractivity contribution is 0.668. The van der Waals surface area contributed by atoms with E-state index in [9.17, 15) is 0 Å². The minimum atomic E-state index is 0.572. The van der Waals surface area contributed by atoms with E-state index in [1.165, 1.54) is 38.1 Å². The number of rotatable bonds is 7. The molecule has 0 bridgehead atoms. The molecule has 0 aliphatic heterocycles. The molecule has 0 aliphatic rings. The number of aromatic nitrogens is 6. The minimum Gasteiger partial charge on any atom is -0.456 e. The van der Waals surface area contributed by atoms with Crippen LogP contribution in [0.3, 0.4) is 0 Å². The fraction of sp³-hybridized carbons (Fsp3) is 0. The van der Waals surface area contributed by atoms with Gasteiger partial charge in [-0.05, 0) is 106 Å². The molecule has 5 aromatic heterocycles. The Morgan fingerprint density at radius 3 is 1.47 bits per heavy atom. The molecule has 5 heterocycles. The van der Waals surface area contributed by atoms with Gasteiger partial charge in [0.2, 0.25) is 0 Å². The largest absolute Gasteiger partial charge is 0.456 e. The highest BCUT2D eigenvalue weighted by atomic mass is 16.3. The number of furan rings is 1. The Balaban J connectivity index is 0.820. The Labute approximate surface area is 418 Å². The van der Waals surface area contributed by atoms with Gasteiger partial charge in [0.05, 0.1) is 22.1 Å². The van der Waals surface area contributed by atoms with Gasteiger partial charge in [-0.25, -0.2) is 15.0 Å². The van der Waals surface area contributed by atoms with E-state index < -0.39 is 0 Å². The molecule has 0 atom stereocenters. The molecular formula is C66H40N6O. The highest BCUT2D eigenvalue weighted by Crippen LogP contribution is 2.40. The molecule has 0 amide bonds. The Morgan fingerprint density at radius 1 is 0.288 bits per heavy atom. The average molecular weight is 933 g/mol. The topological polar surface area (TPSA) is 74.6 Å². The van der Waals surface area contributed by atoms with Crippen LogP contribution in [0.15, 0.2) is 247 Å². The van der Waals surface area contributed by atoms with E-state index >= 15 is 0 Å². The number of benzene rings is 10. The first-order chi connectivity index (χ1) is 36.2. The molecule has 0 spiro atoms. The van der Waals surface area contributed by atoms with Crippen molar-refractivity contribution in [1.29, 1.82) is 0 Å². The first-order valence-electron chi connectivity index (χ1n) is 24.5. The number of pyridine rings is 1. The van der Waals surface area contributed by atoms with Crippen LogP contribution >= 0.6 is 0 Å². The summed E-state index contributed by atoms with van der Waals surface area (Å²) in [6.07, 6.45) is 3.60. The van der Waals surface area contributed by atoms with Crippen molar-refractivity contribution in [3.05, 3.63) is 243 Å². The fourth-order valence-electron chi connectivity index (χ4n) is 11.1. The van der Waals surface area contributed by atoms with Gasteiger partial charge in [0.25, 0.3) is 0 Å². The molecule has 15 rings (SSSR count). The Bertz CT molecular complexity index is 4610. The number of hydrogen-bond donors (Lipinski definition) is 0. The zero-order chi connectivity index (χ0) is 48.0. The first kappa shape index (κ1) is 40.9. The van der Waals surface area contributed by atoms with Crippen molar-refractivity contribution in [3.8, 4) is 67.8 Å². The lowest BCUT2D eigenvalue weighted by Crippen LogP contribution is -2.01. The molecule has 7 nitrogen and oxygen atoms in total. The lowest BCUT2D eigenvalue weighted by Gasteiger charge is -2.13. The van der Waals surface area contributed by atoms with E-state index in [0.29, 0.717) is 17.5 Å². The zero-order valence-corrected chi connectivity index (χ0v) is 39.2. The predicted molar refractivity (Wildman–Crippen MR) is 298 cm³/mol. The van der Waals surface area contributed by atoms with Crippen LogP contribution in [0.2, 0.25) is 0 Å². The van der Waals surface area contributed by atoms with Crippen LogP contribution in [0.1, 0.15) is 0 Å². The molecule has 73 heavy (non-hydrogen) atoms. The van der Waals surface area contributed by atoms with E-state index in [1.54, 1.807) is 6.20 Å². The maximum absolute atomic E-state index is 6.18. The number of para-hydroxylation sites is 3. The summed E-state index contributed by atoms with van der Waals surface area (Å²) in [5.41, 5.74) is 15.7. The van der Waals surface area contributed by atoms with Crippen molar-refractivity contribution < 1.29 is 4.42 Å². The van der Waals surface area contributed by atoms with Gasteiger partial charge in [0, 0.05) is 72.8 Å². The summed E-state index contributed by atoms with van der Waals surface area (Å²) in [6.45, 7) is 0. The van der Waals surface area contributed by atoms with E-state index in [4.69, 9.17) is 19.4 Å². The van der Waals surface area contributed by atoms with Gasteiger partial charge >= 0.3 is 0 Å². The maximum Gasteiger partial charge on any atom is 0.164 e. The van der Waals surface area contributed by atoms with Crippen molar-refractivity contribution >= 4 is 76.3 Å². The molecule has 7 heteroatoms. The average Bonchev–Trinajstić information content (AvgIpc) is 4.12. The van der Waals surface area contributed by atoms with Crippen molar-refractivity contribution in [2.24, 2.45) is 0 Å². The number of nitrogens with zero attached hydrogens (tertiary/aromatic N) is 6. The van der Waals surface area contributed by atoms with E-state index in [-0.39, 0.29) is 0 Å². The first-order valence-corrected chi connectivity index (χ1v) is 24.5. The number of fused-ring (bicyclic) bond motifs is 10. The fourth-order valence-corrected chi connectivity index (χ4v) is 11.1. The van der Waals surface area contributed by atoms with E-state index in [1.807, 2.05) is 30.5 Å². The second-order valence-corrected chi connectivity index (χ2v) is 18.6. The van der Waals surface area contributed by atoms with Crippen molar-refractivity contribution in [3.63, 3.8) is 0 Å². The van der Waals surface area contributed by atoms with Gasteiger partial charge < -0.3 is 13.6 Å². The van der Waals surface area contributed by atoms with Crippen LogP contribution in [0.4, 0.5) is 0 Å². The molecule has 0 aliphatic carbocycles. The summed E-state index contributed by atoms with van der Waals surface area (Å²) >= 11 is 0. The third-order valence-corrected chi connectivity index (χ3v) is 14.5. The third kappa shape index (κ3) is 6.60. The summed E-state index contributed by atoms with van der Waals surface area (Å²) in [7, 11) is 0. The summed E-state index contributed by atoms with van der Waals surface area (Å²) in [4.78, 5) is 20.0. The molecule has 0 unspecified atom stereocenters. The molecule has 0 N–H and O–H groups in total. The number of hydrogen-bond acceptors (Lipinski definition) is 5. The van der Waals surface area contributed by atoms with Crippen LogP contribution in [0.5, 0.6) is 0 Å². The molecule has 0 fully saturated rings. The zero-order valence-electron chi connectivity index (χ0n) is 39.2. The van der Waals surface area contributed by atoms with Gasteiger partial charge in [-0.15, -0.1) is 0 Å². The standard InChI is InChI=1S/C66H40N6O/c1-2-12-43(13-3-1)48-33-34-55(50-15-5-4-14-49(48)50)66-69-64(68-65(70-66)45-28-35-62-56(38-45)57-40-67-37-36-63(57)73-62)44-24-22-41(23-25-44)42-26-29-46(30-27-42)71-58-19-9-8-18-53(58)54-32-31-47(39-61(54)71)72-59-20-10-6-16-51(59)52-17-7-11-21-60(52)72/h1-40H. The van der Waals surface area contributed by atoms with Crippen LogP contribution in [0.25, 0.3) is 144 Å².